The van der Waals surface area contributed by atoms with Gasteiger partial charge in [0.2, 0.25) is 5.16 Å². The molecule has 2 aromatic carbocycles. The van der Waals surface area contributed by atoms with Crippen molar-refractivity contribution in [2.75, 3.05) is 12.4 Å². The maximum absolute atomic E-state index is 10.4. The zero-order chi connectivity index (χ0) is 20.1. The van der Waals surface area contributed by atoms with E-state index in [0.717, 1.165) is 17.0 Å². The number of aromatic nitrogens is 4. The molecule has 1 unspecified atom stereocenters. The molecule has 1 atom stereocenters. The standard InChI is InChI=1S/C21H26N4O2S/c1-15-9-11-16(12-10-15)25-20(22-23-24-25)28-14-17(26)13-27-19-8-6-5-7-18(19)21(2,3)4/h5-12,17,26H,13-14H2,1-4H3. The van der Waals surface area contributed by atoms with Crippen molar-refractivity contribution in [3.63, 3.8) is 0 Å². The Kier molecular flexibility index (Phi) is 6.36. The van der Waals surface area contributed by atoms with Crippen molar-refractivity contribution < 1.29 is 9.84 Å². The Morgan fingerprint density at radius 3 is 2.54 bits per heavy atom. The molecule has 148 valence electrons. The minimum Gasteiger partial charge on any atom is -0.491 e. The van der Waals surface area contributed by atoms with E-state index in [9.17, 15) is 5.11 Å². The third-order valence-electron chi connectivity index (χ3n) is 4.25. The molecule has 1 heterocycles. The van der Waals surface area contributed by atoms with Crippen LogP contribution in [0, 0.1) is 6.92 Å². The number of tetrazole rings is 1. The Balaban J connectivity index is 1.58. The highest BCUT2D eigenvalue weighted by Gasteiger charge is 2.19. The van der Waals surface area contributed by atoms with E-state index in [1.807, 2.05) is 49.4 Å². The molecule has 0 aliphatic rings. The fourth-order valence-electron chi connectivity index (χ4n) is 2.73. The molecule has 1 aromatic heterocycles. The van der Waals surface area contributed by atoms with Crippen LogP contribution in [0.3, 0.4) is 0 Å². The van der Waals surface area contributed by atoms with Crippen molar-refractivity contribution >= 4 is 11.8 Å². The number of hydrogen-bond donors (Lipinski definition) is 1. The summed E-state index contributed by atoms with van der Waals surface area (Å²) in [5.74, 6) is 1.24. The average Bonchev–Trinajstić information content (AvgIpc) is 3.13. The summed E-state index contributed by atoms with van der Waals surface area (Å²) in [6.45, 7) is 8.69. The molecule has 3 rings (SSSR count). The maximum atomic E-state index is 10.4. The minimum absolute atomic E-state index is 0.0214. The van der Waals surface area contributed by atoms with Crippen LogP contribution in [0.2, 0.25) is 0 Å². The minimum atomic E-state index is -0.638. The SMILES string of the molecule is Cc1ccc(-n2nnnc2SCC(O)COc2ccccc2C(C)(C)C)cc1. The first-order chi connectivity index (χ1) is 13.3. The predicted molar refractivity (Wildman–Crippen MR) is 111 cm³/mol. The first kappa shape index (κ1) is 20.4. The van der Waals surface area contributed by atoms with Gasteiger partial charge in [-0.2, -0.15) is 4.68 Å². The molecule has 3 aromatic rings. The fraction of sp³-hybridized carbons (Fsp3) is 0.381. The zero-order valence-electron chi connectivity index (χ0n) is 16.7. The van der Waals surface area contributed by atoms with E-state index in [2.05, 4.69) is 42.4 Å². The van der Waals surface area contributed by atoms with E-state index in [-0.39, 0.29) is 12.0 Å². The molecular weight excluding hydrogens is 372 g/mol. The van der Waals surface area contributed by atoms with Crippen molar-refractivity contribution in [2.45, 2.75) is 44.4 Å². The van der Waals surface area contributed by atoms with Gasteiger partial charge in [0.15, 0.2) is 0 Å². The first-order valence-corrected chi connectivity index (χ1v) is 10.2. The number of nitrogens with zero attached hydrogens (tertiary/aromatic N) is 4. The Morgan fingerprint density at radius 2 is 1.82 bits per heavy atom. The van der Waals surface area contributed by atoms with Gasteiger partial charge in [-0.15, -0.1) is 5.10 Å². The molecule has 0 saturated carbocycles. The predicted octanol–water partition coefficient (Wildman–Crippen LogP) is 3.80. The van der Waals surface area contributed by atoms with E-state index < -0.39 is 6.10 Å². The molecule has 0 amide bonds. The van der Waals surface area contributed by atoms with Gasteiger partial charge in [0.25, 0.3) is 0 Å². The van der Waals surface area contributed by atoms with Crippen LogP contribution in [0.1, 0.15) is 31.9 Å². The van der Waals surface area contributed by atoms with Gasteiger partial charge in [0.1, 0.15) is 12.4 Å². The number of aliphatic hydroxyl groups excluding tert-OH is 1. The van der Waals surface area contributed by atoms with Crippen molar-refractivity contribution in [2.24, 2.45) is 0 Å². The molecule has 0 fully saturated rings. The van der Waals surface area contributed by atoms with Gasteiger partial charge in [0.05, 0.1) is 11.8 Å². The average molecular weight is 399 g/mol. The van der Waals surface area contributed by atoms with E-state index in [0.29, 0.717) is 10.9 Å². The van der Waals surface area contributed by atoms with Crippen LogP contribution >= 0.6 is 11.8 Å². The van der Waals surface area contributed by atoms with Crippen LogP contribution < -0.4 is 4.74 Å². The van der Waals surface area contributed by atoms with Gasteiger partial charge in [-0.05, 0) is 46.5 Å². The number of aryl methyl sites for hydroxylation is 1. The van der Waals surface area contributed by atoms with E-state index in [4.69, 9.17) is 4.74 Å². The van der Waals surface area contributed by atoms with Crippen LogP contribution in [0.25, 0.3) is 5.69 Å². The molecule has 0 saturated heterocycles. The number of para-hydroxylation sites is 1. The summed E-state index contributed by atoms with van der Waals surface area (Å²) in [5, 5.41) is 22.9. The molecule has 6 nitrogen and oxygen atoms in total. The smallest absolute Gasteiger partial charge is 0.214 e. The number of thioether (sulfide) groups is 1. The lowest BCUT2D eigenvalue weighted by molar-refractivity contribution is 0.125. The highest BCUT2D eigenvalue weighted by atomic mass is 32.2. The molecule has 0 aliphatic carbocycles. The van der Waals surface area contributed by atoms with Gasteiger partial charge in [-0.25, -0.2) is 0 Å². The van der Waals surface area contributed by atoms with Crippen molar-refractivity contribution in [3.8, 4) is 11.4 Å². The maximum Gasteiger partial charge on any atom is 0.214 e. The highest BCUT2D eigenvalue weighted by Crippen LogP contribution is 2.31. The largest absolute Gasteiger partial charge is 0.491 e. The molecular formula is C21H26N4O2S. The summed E-state index contributed by atoms with van der Waals surface area (Å²) in [7, 11) is 0. The Bertz CT molecular complexity index is 903. The van der Waals surface area contributed by atoms with E-state index >= 15 is 0 Å². The molecule has 0 bridgehead atoms. The first-order valence-electron chi connectivity index (χ1n) is 9.23. The van der Waals surface area contributed by atoms with Gasteiger partial charge >= 0.3 is 0 Å². The molecule has 0 radical (unpaired) electrons. The van der Waals surface area contributed by atoms with Gasteiger partial charge in [0, 0.05) is 5.75 Å². The number of hydrogen-bond acceptors (Lipinski definition) is 6. The molecule has 1 N–H and O–H groups in total. The van der Waals surface area contributed by atoms with Gasteiger partial charge in [-0.1, -0.05) is 68.4 Å². The number of benzene rings is 2. The zero-order valence-corrected chi connectivity index (χ0v) is 17.5. The number of ether oxygens (including phenoxy) is 1. The summed E-state index contributed by atoms with van der Waals surface area (Å²) in [6.07, 6.45) is -0.638. The lowest BCUT2D eigenvalue weighted by Gasteiger charge is -2.23. The van der Waals surface area contributed by atoms with Crippen LogP contribution in [0.15, 0.2) is 53.7 Å². The van der Waals surface area contributed by atoms with Crippen LogP contribution in [-0.4, -0.2) is 43.8 Å². The molecule has 0 aliphatic heterocycles. The van der Waals surface area contributed by atoms with Gasteiger partial charge < -0.3 is 9.84 Å². The molecule has 0 spiro atoms. The quantitative estimate of drug-likeness (QED) is 0.610. The summed E-state index contributed by atoms with van der Waals surface area (Å²) in [5.41, 5.74) is 3.17. The van der Waals surface area contributed by atoms with Crippen molar-refractivity contribution in [3.05, 3.63) is 59.7 Å². The Labute approximate surface area is 169 Å². The Morgan fingerprint density at radius 1 is 1.11 bits per heavy atom. The normalized spacial score (nSPS) is 12.8. The van der Waals surface area contributed by atoms with Crippen LogP contribution in [0.5, 0.6) is 5.75 Å². The lowest BCUT2D eigenvalue weighted by atomic mass is 9.86. The van der Waals surface area contributed by atoms with Crippen LogP contribution in [0.4, 0.5) is 0 Å². The van der Waals surface area contributed by atoms with E-state index in [1.54, 1.807) is 4.68 Å². The van der Waals surface area contributed by atoms with Gasteiger partial charge in [-0.3, -0.25) is 0 Å². The fourth-order valence-corrected chi connectivity index (χ4v) is 3.53. The van der Waals surface area contributed by atoms with Crippen molar-refractivity contribution in [1.82, 2.24) is 20.2 Å². The highest BCUT2D eigenvalue weighted by molar-refractivity contribution is 7.99. The summed E-state index contributed by atoms with van der Waals surface area (Å²) < 4.78 is 7.57. The second kappa shape index (κ2) is 8.75. The van der Waals surface area contributed by atoms with Crippen LogP contribution in [-0.2, 0) is 5.41 Å². The summed E-state index contributed by atoms with van der Waals surface area (Å²) >= 11 is 1.40. The third kappa shape index (κ3) is 5.11. The Hall–Kier alpha value is -2.38. The monoisotopic (exact) mass is 398 g/mol. The molecule has 7 heteroatoms. The summed E-state index contributed by atoms with van der Waals surface area (Å²) in [4.78, 5) is 0. The topological polar surface area (TPSA) is 73.1 Å². The summed E-state index contributed by atoms with van der Waals surface area (Å²) in [6, 6.07) is 15.9. The second-order valence-corrected chi connectivity index (χ2v) is 8.72. The number of rotatable bonds is 7. The van der Waals surface area contributed by atoms with Crippen molar-refractivity contribution in [1.29, 1.82) is 0 Å². The number of aliphatic hydroxyl groups is 1. The van der Waals surface area contributed by atoms with E-state index in [1.165, 1.54) is 17.3 Å². The second-order valence-electron chi connectivity index (χ2n) is 7.73. The third-order valence-corrected chi connectivity index (χ3v) is 5.31. The molecule has 28 heavy (non-hydrogen) atoms. The lowest BCUT2D eigenvalue weighted by Crippen LogP contribution is -2.22.